The van der Waals surface area contributed by atoms with E-state index in [1.54, 1.807) is 0 Å². The molecule has 120 valence electrons. The zero-order valence-corrected chi connectivity index (χ0v) is 14.0. The fourth-order valence-corrected chi connectivity index (χ4v) is 3.66. The summed E-state index contributed by atoms with van der Waals surface area (Å²) in [7, 11) is 1.34. The van der Waals surface area contributed by atoms with Crippen molar-refractivity contribution in [1.82, 2.24) is 10.2 Å². The Balaban J connectivity index is 1.97. The second kappa shape index (κ2) is 7.25. The highest BCUT2D eigenvalue weighted by Crippen LogP contribution is 2.35. The Morgan fingerprint density at radius 1 is 1.64 bits per heavy atom. The topological polar surface area (TPSA) is 108 Å². The molecule has 0 aromatic rings. The number of fused-ring (bicyclic) bond motifs is 1. The highest BCUT2D eigenvalue weighted by atomic mass is 79.9. The molecule has 2 aliphatic heterocycles. The molecular weight excluding hydrogens is 378 g/mol. The minimum Gasteiger partial charge on any atom is -0.478 e. The van der Waals surface area contributed by atoms with Gasteiger partial charge in [0.2, 0.25) is 5.91 Å². The number of thioether (sulfide) groups is 1. The molecule has 10 heteroatoms. The van der Waals surface area contributed by atoms with Gasteiger partial charge in [-0.15, -0.1) is 11.8 Å². The number of carboxylic acids is 1. The van der Waals surface area contributed by atoms with Gasteiger partial charge in [0.1, 0.15) is 24.2 Å². The van der Waals surface area contributed by atoms with E-state index in [9.17, 15) is 14.4 Å². The van der Waals surface area contributed by atoms with Gasteiger partial charge in [0.25, 0.3) is 0 Å². The number of ketones is 1. The smallest absolute Gasteiger partial charge is 0.333 e. The molecule has 0 saturated carbocycles. The predicted molar refractivity (Wildman–Crippen MR) is 83.8 cm³/mol. The van der Waals surface area contributed by atoms with Crippen molar-refractivity contribution in [3.63, 3.8) is 0 Å². The zero-order chi connectivity index (χ0) is 16.3. The van der Waals surface area contributed by atoms with E-state index < -0.39 is 12.0 Å². The molecule has 22 heavy (non-hydrogen) atoms. The average Bonchev–Trinajstić information content (AvgIpc) is 2.52. The summed E-state index contributed by atoms with van der Waals surface area (Å²) in [5.41, 5.74) is 0.386. The molecular formula is C12H14BrN3O5S. The van der Waals surface area contributed by atoms with Crippen LogP contribution in [-0.4, -0.2) is 69.5 Å². The first-order valence-electron chi connectivity index (χ1n) is 6.30. The number of carboxylic acid groups (broad SMARTS) is 1. The molecule has 8 nitrogen and oxygen atoms in total. The number of aliphatic carboxylic acids is 1. The summed E-state index contributed by atoms with van der Waals surface area (Å²) < 4.78 is 0. The Hall–Kier alpha value is -1.39. The number of carbonyl (C=O) groups excluding carboxylic acids is 2. The number of hydrogen-bond donors (Lipinski definition) is 2. The fraction of sp³-hybridized carbons (Fsp3) is 0.500. The number of halogens is 1. The molecule has 0 radical (unpaired) electrons. The van der Waals surface area contributed by atoms with Crippen LogP contribution < -0.4 is 5.32 Å². The van der Waals surface area contributed by atoms with E-state index in [-0.39, 0.29) is 40.2 Å². The standard InChI is InChI=1S/C12H14BrN3O5S/c1-21-15-7(8(17)2-13)3-14-9-10(18)16-4-6(12(19)20)5-22-11(9)16/h4,9,11,14H,2-3,5H2,1H3,(H,19,20)/t9?,11-/m1/s1. The van der Waals surface area contributed by atoms with Gasteiger partial charge in [0, 0.05) is 18.5 Å². The van der Waals surface area contributed by atoms with Crippen LogP contribution in [0.1, 0.15) is 0 Å². The van der Waals surface area contributed by atoms with Crippen LogP contribution in [-0.2, 0) is 19.2 Å². The summed E-state index contributed by atoms with van der Waals surface area (Å²) in [4.78, 5) is 40.6. The number of Topliss-reactive ketones (excluding diaryl/α,β-unsaturated/α-hetero) is 1. The van der Waals surface area contributed by atoms with Crippen LogP contribution in [0.2, 0.25) is 0 Å². The molecule has 2 heterocycles. The maximum absolute atomic E-state index is 12.0. The van der Waals surface area contributed by atoms with E-state index in [0.29, 0.717) is 5.75 Å². The number of amides is 1. The summed E-state index contributed by atoms with van der Waals surface area (Å²) in [6.45, 7) is 0.106. The first kappa shape index (κ1) is 17.0. The van der Waals surface area contributed by atoms with Crippen LogP contribution in [0, 0.1) is 0 Å². The summed E-state index contributed by atoms with van der Waals surface area (Å²) >= 11 is 4.42. The van der Waals surface area contributed by atoms with Gasteiger partial charge in [-0.2, -0.15) is 0 Å². The van der Waals surface area contributed by atoms with Crippen LogP contribution in [0.5, 0.6) is 0 Å². The Labute approximate surface area is 139 Å². The van der Waals surface area contributed by atoms with Gasteiger partial charge >= 0.3 is 5.97 Å². The number of rotatable bonds is 7. The van der Waals surface area contributed by atoms with E-state index in [4.69, 9.17) is 5.11 Å². The number of alkyl halides is 1. The minimum atomic E-state index is -1.02. The van der Waals surface area contributed by atoms with Gasteiger partial charge in [-0.25, -0.2) is 4.79 Å². The Morgan fingerprint density at radius 3 is 2.95 bits per heavy atom. The molecule has 2 aliphatic rings. The van der Waals surface area contributed by atoms with Crippen LogP contribution >= 0.6 is 27.7 Å². The number of carbonyl (C=O) groups is 3. The average molecular weight is 392 g/mol. The van der Waals surface area contributed by atoms with Crippen molar-refractivity contribution in [2.75, 3.05) is 24.7 Å². The van der Waals surface area contributed by atoms with E-state index in [2.05, 4.69) is 31.2 Å². The second-order valence-electron chi connectivity index (χ2n) is 4.54. The molecule has 0 spiro atoms. The van der Waals surface area contributed by atoms with Gasteiger partial charge in [-0.05, 0) is 0 Å². The highest BCUT2D eigenvalue weighted by molar-refractivity contribution is 9.09. The summed E-state index contributed by atoms with van der Waals surface area (Å²) in [6.07, 6.45) is 1.37. The molecule has 0 aromatic carbocycles. The molecule has 0 aromatic heterocycles. The number of oxime groups is 1. The maximum atomic E-state index is 12.0. The molecule has 2 N–H and O–H groups in total. The van der Waals surface area contributed by atoms with Gasteiger partial charge in [-0.1, -0.05) is 21.1 Å². The molecule has 1 unspecified atom stereocenters. The quantitative estimate of drug-likeness (QED) is 0.267. The Morgan fingerprint density at radius 2 is 2.36 bits per heavy atom. The third kappa shape index (κ3) is 3.33. The van der Waals surface area contributed by atoms with Gasteiger partial charge in [0.15, 0.2) is 5.78 Å². The van der Waals surface area contributed by atoms with E-state index in [1.807, 2.05) is 0 Å². The lowest BCUT2D eigenvalue weighted by Gasteiger charge is -2.47. The highest BCUT2D eigenvalue weighted by Gasteiger charge is 2.49. The van der Waals surface area contributed by atoms with Gasteiger partial charge < -0.3 is 14.8 Å². The van der Waals surface area contributed by atoms with Crippen molar-refractivity contribution in [3.8, 4) is 0 Å². The molecule has 1 fully saturated rings. The van der Waals surface area contributed by atoms with Crippen molar-refractivity contribution in [1.29, 1.82) is 0 Å². The lowest BCUT2D eigenvalue weighted by molar-refractivity contribution is -0.141. The lowest BCUT2D eigenvalue weighted by Crippen LogP contribution is -2.68. The first-order chi connectivity index (χ1) is 10.5. The third-order valence-corrected chi connectivity index (χ3v) is 5.02. The van der Waals surface area contributed by atoms with Crippen LogP contribution in [0.4, 0.5) is 0 Å². The fourth-order valence-electron chi connectivity index (χ4n) is 2.06. The summed E-state index contributed by atoms with van der Waals surface area (Å²) in [5, 5.41) is 15.5. The molecule has 1 amide bonds. The van der Waals surface area contributed by atoms with Crippen molar-refractivity contribution in [3.05, 3.63) is 11.8 Å². The molecule has 0 bridgehead atoms. The first-order valence-corrected chi connectivity index (χ1v) is 8.47. The lowest BCUT2D eigenvalue weighted by atomic mass is 10.1. The number of nitrogens with one attached hydrogen (secondary N) is 1. The van der Waals surface area contributed by atoms with Crippen LogP contribution in [0.25, 0.3) is 0 Å². The Bertz CT molecular complexity index is 565. The third-order valence-electron chi connectivity index (χ3n) is 3.19. The number of hydrogen-bond acceptors (Lipinski definition) is 7. The number of nitrogens with zero attached hydrogens (tertiary/aromatic N) is 2. The van der Waals surface area contributed by atoms with Crippen molar-refractivity contribution in [2.45, 2.75) is 11.4 Å². The van der Waals surface area contributed by atoms with Crippen molar-refractivity contribution in [2.24, 2.45) is 5.16 Å². The summed E-state index contributed by atoms with van der Waals surface area (Å²) in [6, 6.07) is -0.471. The monoisotopic (exact) mass is 391 g/mol. The van der Waals surface area contributed by atoms with Crippen LogP contribution in [0.15, 0.2) is 16.9 Å². The van der Waals surface area contributed by atoms with Crippen molar-refractivity contribution < 1.29 is 24.3 Å². The van der Waals surface area contributed by atoms with E-state index >= 15 is 0 Å². The minimum absolute atomic E-state index is 0.106. The van der Waals surface area contributed by atoms with Gasteiger partial charge in [-0.3, -0.25) is 14.9 Å². The summed E-state index contributed by atoms with van der Waals surface area (Å²) in [5.74, 6) is -1.14. The Kier molecular flexibility index (Phi) is 5.59. The largest absolute Gasteiger partial charge is 0.478 e. The normalized spacial score (nSPS) is 24.3. The maximum Gasteiger partial charge on any atom is 0.333 e. The molecule has 1 saturated heterocycles. The van der Waals surface area contributed by atoms with Crippen LogP contribution in [0.3, 0.4) is 0 Å². The predicted octanol–water partition coefficient (Wildman–Crippen LogP) is -0.205. The van der Waals surface area contributed by atoms with E-state index in [1.165, 1.54) is 30.0 Å². The van der Waals surface area contributed by atoms with Gasteiger partial charge in [0.05, 0.1) is 10.9 Å². The van der Waals surface area contributed by atoms with E-state index in [0.717, 1.165) is 0 Å². The zero-order valence-electron chi connectivity index (χ0n) is 11.6. The molecule has 2 atom stereocenters. The van der Waals surface area contributed by atoms with Crippen molar-refractivity contribution >= 4 is 51.1 Å². The second-order valence-corrected chi connectivity index (χ2v) is 6.21. The molecule has 2 rings (SSSR count). The SMILES string of the molecule is CON=C(CNC1C(=O)N2C=C(C(=O)O)CS[C@H]12)C(=O)CBr. The molecule has 0 aliphatic carbocycles. The number of β-lactam (4-membered cyclic amide) rings is 1.